The molecule has 0 saturated heterocycles. The number of rotatable bonds is 5. The Morgan fingerprint density at radius 2 is 2.10 bits per heavy atom. The zero-order chi connectivity index (χ0) is 14.7. The van der Waals surface area contributed by atoms with Gasteiger partial charge in [0.15, 0.2) is 0 Å². The Morgan fingerprint density at radius 3 is 2.70 bits per heavy atom. The molecule has 2 aromatic rings. The third-order valence-corrected chi connectivity index (χ3v) is 6.37. The Kier molecular flexibility index (Phi) is 6.05. The van der Waals surface area contributed by atoms with Crippen molar-refractivity contribution in [1.82, 2.24) is 5.32 Å². The standard InChI is InChI=1S/C14H13Br2ClFNS/c1-2-5-19-13(12-7-10(15)14(16)20-12)9-6-8(17)3-4-11(9)18/h3-4,6-7,13,19H,2,5H2,1H3. The molecule has 1 atom stereocenters. The van der Waals surface area contributed by atoms with Crippen molar-refractivity contribution in [2.24, 2.45) is 0 Å². The molecule has 1 unspecified atom stereocenters. The van der Waals surface area contributed by atoms with Crippen LogP contribution in [0.15, 0.2) is 32.5 Å². The third kappa shape index (κ3) is 3.83. The highest BCUT2D eigenvalue weighted by Gasteiger charge is 2.20. The van der Waals surface area contributed by atoms with E-state index < -0.39 is 0 Å². The predicted octanol–water partition coefficient (Wildman–Crippen LogP) is 6.15. The minimum atomic E-state index is -0.247. The molecule has 0 aliphatic carbocycles. The minimum absolute atomic E-state index is 0.193. The molecule has 1 N–H and O–H groups in total. The summed E-state index contributed by atoms with van der Waals surface area (Å²) in [6.45, 7) is 2.89. The molecule has 1 aromatic carbocycles. The largest absolute Gasteiger partial charge is 0.306 e. The summed E-state index contributed by atoms with van der Waals surface area (Å²) in [7, 11) is 0. The number of benzene rings is 1. The fraction of sp³-hybridized carbons (Fsp3) is 0.286. The monoisotopic (exact) mass is 439 g/mol. The topological polar surface area (TPSA) is 12.0 Å². The smallest absolute Gasteiger partial charge is 0.128 e. The number of hydrogen-bond donors (Lipinski definition) is 1. The summed E-state index contributed by atoms with van der Waals surface area (Å²) in [6, 6.07) is 6.48. The van der Waals surface area contributed by atoms with Gasteiger partial charge >= 0.3 is 0 Å². The SMILES string of the molecule is CCCNC(c1cc(Br)c(Br)s1)c1cc(Cl)ccc1F. The zero-order valence-electron chi connectivity index (χ0n) is 10.7. The van der Waals surface area contributed by atoms with Crippen LogP contribution in [0.1, 0.15) is 29.8 Å². The Balaban J connectivity index is 2.43. The van der Waals surface area contributed by atoms with Crippen LogP contribution in [0, 0.1) is 5.82 Å². The first kappa shape index (κ1) is 16.4. The van der Waals surface area contributed by atoms with E-state index in [1.54, 1.807) is 23.5 Å². The molecule has 20 heavy (non-hydrogen) atoms. The van der Waals surface area contributed by atoms with Crippen molar-refractivity contribution >= 4 is 54.8 Å². The second kappa shape index (κ2) is 7.36. The Bertz CT molecular complexity index is 583. The van der Waals surface area contributed by atoms with Crippen LogP contribution in [0.4, 0.5) is 4.39 Å². The van der Waals surface area contributed by atoms with Crippen LogP contribution in [0.2, 0.25) is 5.02 Å². The van der Waals surface area contributed by atoms with Crippen LogP contribution in [0.5, 0.6) is 0 Å². The molecule has 0 fully saturated rings. The van der Waals surface area contributed by atoms with Crippen molar-refractivity contribution in [2.75, 3.05) is 6.54 Å². The number of halogens is 4. The summed E-state index contributed by atoms with van der Waals surface area (Å²) in [4.78, 5) is 1.04. The molecule has 108 valence electrons. The first-order chi connectivity index (χ1) is 9.52. The van der Waals surface area contributed by atoms with Crippen molar-refractivity contribution in [3.63, 3.8) is 0 Å². The molecular weight excluding hydrogens is 428 g/mol. The molecule has 0 aliphatic heterocycles. The molecule has 1 nitrogen and oxygen atoms in total. The van der Waals surface area contributed by atoms with Crippen LogP contribution in [0.25, 0.3) is 0 Å². The van der Waals surface area contributed by atoms with Crippen molar-refractivity contribution in [3.05, 3.63) is 53.8 Å². The summed E-state index contributed by atoms with van der Waals surface area (Å²) in [5.74, 6) is -0.247. The van der Waals surface area contributed by atoms with E-state index >= 15 is 0 Å². The van der Waals surface area contributed by atoms with E-state index in [9.17, 15) is 4.39 Å². The van der Waals surface area contributed by atoms with Crippen LogP contribution in [-0.2, 0) is 0 Å². The quantitative estimate of drug-likeness (QED) is 0.586. The van der Waals surface area contributed by atoms with Crippen molar-refractivity contribution in [3.8, 4) is 0 Å². The second-order valence-electron chi connectivity index (χ2n) is 4.32. The number of hydrogen-bond acceptors (Lipinski definition) is 2. The number of nitrogens with one attached hydrogen (secondary N) is 1. The summed E-state index contributed by atoms with van der Waals surface area (Å²) in [5.41, 5.74) is 0.576. The van der Waals surface area contributed by atoms with Gasteiger partial charge in [-0.1, -0.05) is 18.5 Å². The van der Waals surface area contributed by atoms with Gasteiger partial charge in [0.25, 0.3) is 0 Å². The van der Waals surface area contributed by atoms with Gasteiger partial charge in [-0.15, -0.1) is 11.3 Å². The third-order valence-electron chi connectivity index (χ3n) is 2.82. The number of thiophene rings is 1. The van der Waals surface area contributed by atoms with E-state index in [4.69, 9.17) is 11.6 Å². The molecule has 2 rings (SSSR count). The summed E-state index contributed by atoms with van der Waals surface area (Å²) in [5, 5.41) is 3.92. The van der Waals surface area contributed by atoms with Crippen LogP contribution >= 0.6 is 54.8 Å². The lowest BCUT2D eigenvalue weighted by Gasteiger charge is -2.18. The zero-order valence-corrected chi connectivity index (χ0v) is 15.5. The summed E-state index contributed by atoms with van der Waals surface area (Å²) in [6.07, 6.45) is 0.979. The van der Waals surface area contributed by atoms with Crippen molar-refractivity contribution in [1.29, 1.82) is 0 Å². The molecule has 0 radical (unpaired) electrons. The van der Waals surface area contributed by atoms with Gasteiger partial charge in [-0.3, -0.25) is 0 Å². The molecular formula is C14H13Br2ClFNS. The molecule has 0 amide bonds. The normalized spacial score (nSPS) is 12.7. The lowest BCUT2D eigenvalue weighted by atomic mass is 10.0. The maximum atomic E-state index is 14.1. The molecule has 0 bridgehead atoms. The van der Waals surface area contributed by atoms with Gasteiger partial charge in [-0.2, -0.15) is 0 Å². The van der Waals surface area contributed by atoms with E-state index in [0.29, 0.717) is 10.6 Å². The summed E-state index contributed by atoms with van der Waals surface area (Å²) < 4.78 is 16.1. The van der Waals surface area contributed by atoms with Gasteiger partial charge in [0.05, 0.1) is 9.83 Å². The molecule has 0 saturated carbocycles. The lowest BCUT2D eigenvalue weighted by molar-refractivity contribution is 0.551. The highest BCUT2D eigenvalue weighted by Crippen LogP contribution is 2.38. The maximum absolute atomic E-state index is 14.1. The Labute approximate surface area is 143 Å². The maximum Gasteiger partial charge on any atom is 0.128 e. The van der Waals surface area contributed by atoms with Gasteiger partial charge in [0.2, 0.25) is 0 Å². The van der Waals surface area contributed by atoms with Crippen molar-refractivity contribution in [2.45, 2.75) is 19.4 Å². The highest BCUT2D eigenvalue weighted by molar-refractivity contribution is 9.13. The van der Waals surface area contributed by atoms with E-state index in [1.165, 1.54) is 6.07 Å². The molecule has 1 heterocycles. The van der Waals surface area contributed by atoms with Crippen LogP contribution < -0.4 is 5.32 Å². The van der Waals surface area contributed by atoms with Gasteiger partial charge in [0.1, 0.15) is 5.82 Å². The Morgan fingerprint density at radius 1 is 1.35 bits per heavy atom. The Hall–Kier alpha value is 0.0600. The minimum Gasteiger partial charge on any atom is -0.306 e. The van der Waals surface area contributed by atoms with Gasteiger partial charge in [-0.05, 0) is 69.1 Å². The highest BCUT2D eigenvalue weighted by atomic mass is 79.9. The first-order valence-corrected chi connectivity index (χ1v) is 8.94. The van der Waals surface area contributed by atoms with Gasteiger partial charge in [-0.25, -0.2) is 4.39 Å². The average Bonchev–Trinajstić information content (AvgIpc) is 2.74. The van der Waals surface area contributed by atoms with E-state index in [1.807, 2.05) is 6.07 Å². The van der Waals surface area contributed by atoms with Crippen molar-refractivity contribution < 1.29 is 4.39 Å². The molecule has 1 aromatic heterocycles. The van der Waals surface area contributed by atoms with Gasteiger partial charge < -0.3 is 5.32 Å². The van der Waals surface area contributed by atoms with E-state index in [0.717, 1.165) is 26.1 Å². The fourth-order valence-corrected chi connectivity index (χ4v) is 4.26. The molecule has 0 aliphatic rings. The molecule has 6 heteroatoms. The summed E-state index contributed by atoms with van der Waals surface area (Å²) >= 11 is 14.5. The van der Waals surface area contributed by atoms with E-state index in [-0.39, 0.29) is 11.9 Å². The van der Waals surface area contributed by atoms with Crippen LogP contribution in [-0.4, -0.2) is 6.54 Å². The first-order valence-electron chi connectivity index (χ1n) is 6.16. The van der Waals surface area contributed by atoms with Crippen LogP contribution in [0.3, 0.4) is 0 Å². The predicted molar refractivity (Wildman–Crippen MR) is 91.3 cm³/mol. The fourth-order valence-electron chi connectivity index (χ4n) is 1.89. The van der Waals surface area contributed by atoms with E-state index in [2.05, 4.69) is 44.1 Å². The second-order valence-corrected chi connectivity index (χ2v) is 8.02. The molecule has 0 spiro atoms. The van der Waals surface area contributed by atoms with Gasteiger partial charge in [0, 0.05) is 19.9 Å². The lowest BCUT2D eigenvalue weighted by Crippen LogP contribution is -2.23. The average molecular weight is 442 g/mol.